The van der Waals surface area contributed by atoms with Gasteiger partial charge in [-0.1, -0.05) is 0 Å². The molecule has 3 rings (SSSR count). The summed E-state index contributed by atoms with van der Waals surface area (Å²) in [6, 6.07) is 0. The number of amides is 2. The number of morpholine rings is 1. The predicted octanol–water partition coefficient (Wildman–Crippen LogP) is 2.59. The Labute approximate surface area is 175 Å². The van der Waals surface area contributed by atoms with E-state index in [9.17, 15) is 9.59 Å². The van der Waals surface area contributed by atoms with E-state index in [1.165, 1.54) is 0 Å². The van der Waals surface area contributed by atoms with Crippen LogP contribution < -0.4 is 0 Å². The van der Waals surface area contributed by atoms with Gasteiger partial charge < -0.3 is 19.3 Å². The number of ether oxygens (including phenoxy) is 2. The highest BCUT2D eigenvalue weighted by Gasteiger charge is 2.36. The van der Waals surface area contributed by atoms with Crippen LogP contribution in [0, 0.1) is 11.8 Å². The van der Waals surface area contributed by atoms with Gasteiger partial charge in [0.2, 0.25) is 5.91 Å². The van der Waals surface area contributed by atoms with Crippen molar-refractivity contribution in [2.24, 2.45) is 11.8 Å². The summed E-state index contributed by atoms with van der Waals surface area (Å²) in [4.78, 5) is 30.9. The first kappa shape index (κ1) is 22.3. The molecular formula is C22H39N3O4. The lowest BCUT2D eigenvalue weighted by atomic mass is 9.93. The van der Waals surface area contributed by atoms with Crippen LogP contribution in [0.2, 0.25) is 0 Å². The molecule has 3 fully saturated rings. The average Bonchev–Trinajstić information content (AvgIpc) is 2.55. The minimum absolute atomic E-state index is 0.242. The first-order valence-electron chi connectivity index (χ1n) is 11.2. The number of rotatable bonds is 4. The van der Waals surface area contributed by atoms with Gasteiger partial charge in [-0.15, -0.1) is 0 Å². The highest BCUT2D eigenvalue weighted by molar-refractivity contribution is 5.77. The van der Waals surface area contributed by atoms with Gasteiger partial charge in [0.15, 0.2) is 0 Å². The number of carbonyl (C=O) groups is 2. The van der Waals surface area contributed by atoms with E-state index in [-0.39, 0.29) is 17.9 Å². The fourth-order valence-electron chi connectivity index (χ4n) is 4.71. The largest absolute Gasteiger partial charge is 0.444 e. The summed E-state index contributed by atoms with van der Waals surface area (Å²) in [5.41, 5.74) is -0.473. The molecule has 0 saturated carbocycles. The van der Waals surface area contributed by atoms with Gasteiger partial charge in [0.1, 0.15) is 5.60 Å². The molecule has 2 atom stereocenters. The Morgan fingerprint density at radius 2 is 1.52 bits per heavy atom. The molecule has 2 amide bonds. The normalized spacial score (nSPS) is 27.6. The molecular weight excluding hydrogens is 370 g/mol. The Morgan fingerprint density at radius 3 is 2.07 bits per heavy atom. The molecule has 3 saturated heterocycles. The Kier molecular flexibility index (Phi) is 7.10. The molecule has 0 radical (unpaired) electrons. The van der Waals surface area contributed by atoms with Crippen molar-refractivity contribution < 1.29 is 19.1 Å². The van der Waals surface area contributed by atoms with Crippen molar-refractivity contribution in [3.63, 3.8) is 0 Å². The van der Waals surface area contributed by atoms with Crippen LogP contribution in [-0.2, 0) is 14.3 Å². The number of hydrogen-bond acceptors (Lipinski definition) is 5. The van der Waals surface area contributed by atoms with Crippen molar-refractivity contribution in [3.05, 3.63) is 0 Å². The highest BCUT2D eigenvalue weighted by Crippen LogP contribution is 2.25. The van der Waals surface area contributed by atoms with E-state index in [4.69, 9.17) is 9.47 Å². The molecule has 0 aromatic rings. The minimum Gasteiger partial charge on any atom is -0.444 e. The third-order valence-electron chi connectivity index (χ3n) is 6.05. The summed E-state index contributed by atoms with van der Waals surface area (Å²) in [6.45, 7) is 16.0. The van der Waals surface area contributed by atoms with Crippen LogP contribution >= 0.6 is 0 Å². The standard InChI is InChI=1S/C22H39N3O4/c1-16-11-23(12-17(2)28-16)13-18-6-8-24(9-7-18)20(26)10-19-14-25(15-19)21(27)29-22(3,4)5/h16-19H,6-15H2,1-5H3. The van der Waals surface area contributed by atoms with Crippen LogP contribution in [0.3, 0.4) is 0 Å². The van der Waals surface area contributed by atoms with Gasteiger partial charge in [-0.3, -0.25) is 9.69 Å². The molecule has 0 aromatic carbocycles. The second kappa shape index (κ2) is 9.21. The first-order valence-corrected chi connectivity index (χ1v) is 11.2. The highest BCUT2D eigenvalue weighted by atomic mass is 16.6. The second-order valence-electron chi connectivity index (χ2n) is 10.3. The van der Waals surface area contributed by atoms with Gasteiger partial charge >= 0.3 is 6.09 Å². The maximum absolute atomic E-state index is 12.7. The summed E-state index contributed by atoms with van der Waals surface area (Å²) in [5, 5.41) is 0. The molecule has 166 valence electrons. The zero-order valence-electron chi connectivity index (χ0n) is 18.9. The topological polar surface area (TPSA) is 62.3 Å². The number of likely N-dealkylation sites (tertiary alicyclic amines) is 2. The van der Waals surface area contributed by atoms with Gasteiger partial charge in [-0.2, -0.15) is 0 Å². The van der Waals surface area contributed by atoms with Crippen molar-refractivity contribution >= 4 is 12.0 Å². The quantitative estimate of drug-likeness (QED) is 0.714. The van der Waals surface area contributed by atoms with Crippen LogP contribution in [0.5, 0.6) is 0 Å². The average molecular weight is 410 g/mol. The van der Waals surface area contributed by atoms with E-state index in [0.717, 1.165) is 45.6 Å². The number of hydrogen-bond donors (Lipinski definition) is 0. The lowest BCUT2D eigenvalue weighted by Crippen LogP contribution is -2.53. The SMILES string of the molecule is CC1CN(CC2CCN(C(=O)CC3CN(C(=O)OC(C)(C)C)C3)CC2)CC(C)O1. The maximum atomic E-state index is 12.7. The Balaban J connectivity index is 1.33. The monoisotopic (exact) mass is 409 g/mol. The minimum atomic E-state index is -0.473. The van der Waals surface area contributed by atoms with Gasteiger partial charge in [-0.25, -0.2) is 4.79 Å². The molecule has 7 nitrogen and oxygen atoms in total. The number of piperidine rings is 1. The second-order valence-corrected chi connectivity index (χ2v) is 10.3. The van der Waals surface area contributed by atoms with Crippen molar-refractivity contribution in [1.82, 2.24) is 14.7 Å². The third kappa shape index (κ3) is 6.57. The van der Waals surface area contributed by atoms with Crippen molar-refractivity contribution in [1.29, 1.82) is 0 Å². The summed E-state index contributed by atoms with van der Waals surface area (Å²) in [5.74, 6) is 1.18. The molecule has 0 aromatic heterocycles. The zero-order valence-corrected chi connectivity index (χ0v) is 18.9. The maximum Gasteiger partial charge on any atom is 0.410 e. The van der Waals surface area contributed by atoms with E-state index >= 15 is 0 Å². The molecule has 2 unspecified atom stereocenters. The van der Waals surface area contributed by atoms with Crippen LogP contribution in [0.1, 0.15) is 53.9 Å². The lowest BCUT2D eigenvalue weighted by Gasteiger charge is -2.41. The molecule has 29 heavy (non-hydrogen) atoms. The summed E-state index contributed by atoms with van der Waals surface area (Å²) >= 11 is 0. The van der Waals surface area contributed by atoms with E-state index in [0.29, 0.717) is 37.6 Å². The first-order chi connectivity index (χ1) is 13.6. The van der Waals surface area contributed by atoms with Crippen LogP contribution in [0.15, 0.2) is 0 Å². The summed E-state index contributed by atoms with van der Waals surface area (Å²) in [7, 11) is 0. The Bertz CT molecular complexity index is 567. The summed E-state index contributed by atoms with van der Waals surface area (Å²) in [6.07, 6.45) is 3.06. The van der Waals surface area contributed by atoms with Crippen molar-refractivity contribution in [2.45, 2.75) is 71.7 Å². The molecule has 0 bridgehead atoms. The lowest BCUT2D eigenvalue weighted by molar-refractivity contribution is -0.135. The summed E-state index contributed by atoms with van der Waals surface area (Å²) < 4.78 is 11.2. The molecule has 3 aliphatic heterocycles. The Morgan fingerprint density at radius 1 is 0.931 bits per heavy atom. The van der Waals surface area contributed by atoms with Gasteiger partial charge in [0, 0.05) is 58.2 Å². The molecule has 0 aliphatic carbocycles. The number of carbonyl (C=O) groups excluding carboxylic acids is 2. The van der Waals surface area contributed by atoms with Crippen molar-refractivity contribution in [2.75, 3.05) is 45.8 Å². The fourth-order valence-corrected chi connectivity index (χ4v) is 4.71. The Hall–Kier alpha value is -1.34. The van der Waals surface area contributed by atoms with E-state index < -0.39 is 5.60 Å². The molecule has 0 spiro atoms. The van der Waals surface area contributed by atoms with E-state index in [1.807, 2.05) is 25.7 Å². The molecule has 0 N–H and O–H groups in total. The van der Waals surface area contributed by atoms with Gasteiger partial charge in [-0.05, 0) is 53.4 Å². The smallest absolute Gasteiger partial charge is 0.410 e. The van der Waals surface area contributed by atoms with Crippen LogP contribution in [0.25, 0.3) is 0 Å². The van der Waals surface area contributed by atoms with Gasteiger partial charge in [0.05, 0.1) is 12.2 Å². The van der Waals surface area contributed by atoms with E-state index in [2.05, 4.69) is 18.7 Å². The fraction of sp³-hybridized carbons (Fsp3) is 0.909. The molecule has 7 heteroatoms. The van der Waals surface area contributed by atoms with E-state index in [1.54, 1.807) is 4.90 Å². The molecule has 3 aliphatic rings. The van der Waals surface area contributed by atoms with Crippen LogP contribution in [-0.4, -0.2) is 90.3 Å². The third-order valence-corrected chi connectivity index (χ3v) is 6.05. The zero-order chi connectivity index (χ0) is 21.2. The van der Waals surface area contributed by atoms with Crippen molar-refractivity contribution in [3.8, 4) is 0 Å². The number of nitrogens with zero attached hydrogens (tertiary/aromatic N) is 3. The predicted molar refractivity (Wildman–Crippen MR) is 112 cm³/mol. The van der Waals surface area contributed by atoms with Gasteiger partial charge in [0.25, 0.3) is 0 Å². The van der Waals surface area contributed by atoms with Crippen LogP contribution in [0.4, 0.5) is 4.79 Å². The molecule has 3 heterocycles.